The SMILES string of the molecule is CC1CC[C@@]2(O)[C@@H](OC(=O)c3ccccc3)C3C4COC4CC[C@@]3(C)[C@H](O[C@@H](O)CN(C)C)C(C)C1C2(C)C. The second-order valence-corrected chi connectivity index (χ2v) is 14.1. The highest BCUT2D eigenvalue weighted by atomic mass is 16.6. The number of aliphatic hydroxyl groups excluding tert-OH is 1. The van der Waals surface area contributed by atoms with Crippen LogP contribution >= 0.6 is 0 Å². The number of hydrogen-bond acceptors (Lipinski definition) is 7. The van der Waals surface area contributed by atoms with Crippen LogP contribution in [0.2, 0.25) is 0 Å². The molecule has 1 aliphatic heterocycles. The third-order valence-electron chi connectivity index (χ3n) is 11.3. The van der Waals surface area contributed by atoms with Crippen molar-refractivity contribution in [3.05, 3.63) is 35.9 Å². The monoisotopic (exact) mass is 543 g/mol. The maximum absolute atomic E-state index is 13.7. The molecule has 2 bridgehead atoms. The van der Waals surface area contributed by atoms with Gasteiger partial charge in [0.15, 0.2) is 6.29 Å². The molecule has 1 heterocycles. The molecule has 218 valence electrons. The number of ether oxygens (including phenoxy) is 3. The maximum atomic E-state index is 13.7. The number of fused-ring (bicyclic) bond motifs is 5. The number of likely N-dealkylation sites (N-methyl/N-ethyl adjacent to an activating group) is 1. The fourth-order valence-electron chi connectivity index (χ4n) is 9.44. The fraction of sp³-hybridized carbons (Fsp3) is 0.781. The predicted molar refractivity (Wildman–Crippen MR) is 149 cm³/mol. The Morgan fingerprint density at radius 1 is 1.08 bits per heavy atom. The van der Waals surface area contributed by atoms with Crippen molar-refractivity contribution in [1.29, 1.82) is 0 Å². The first-order valence-corrected chi connectivity index (χ1v) is 14.9. The van der Waals surface area contributed by atoms with Crippen LogP contribution in [0.3, 0.4) is 0 Å². The molecule has 3 aliphatic carbocycles. The van der Waals surface area contributed by atoms with Gasteiger partial charge in [0.2, 0.25) is 0 Å². The number of aliphatic hydroxyl groups is 2. The van der Waals surface area contributed by atoms with E-state index in [1.807, 2.05) is 37.2 Å². The van der Waals surface area contributed by atoms with Crippen LogP contribution in [-0.2, 0) is 14.2 Å². The number of nitrogens with zero attached hydrogens (tertiary/aromatic N) is 1. The van der Waals surface area contributed by atoms with Crippen LogP contribution in [0, 0.1) is 40.4 Å². The van der Waals surface area contributed by atoms with Crippen molar-refractivity contribution in [1.82, 2.24) is 4.90 Å². The molecule has 2 N–H and O–H groups in total. The van der Waals surface area contributed by atoms with Gasteiger partial charge in [0.25, 0.3) is 0 Å². The van der Waals surface area contributed by atoms with Crippen LogP contribution in [0.25, 0.3) is 0 Å². The van der Waals surface area contributed by atoms with Crippen molar-refractivity contribution in [2.45, 2.75) is 90.5 Å². The highest BCUT2D eigenvalue weighted by Crippen LogP contribution is 2.65. The molecule has 39 heavy (non-hydrogen) atoms. The lowest BCUT2D eigenvalue weighted by Crippen LogP contribution is -2.74. The fourth-order valence-corrected chi connectivity index (χ4v) is 9.44. The van der Waals surface area contributed by atoms with Gasteiger partial charge in [-0.15, -0.1) is 0 Å². The van der Waals surface area contributed by atoms with Gasteiger partial charge in [-0.1, -0.05) is 52.8 Å². The molecule has 7 heteroatoms. The van der Waals surface area contributed by atoms with Crippen molar-refractivity contribution in [3.63, 3.8) is 0 Å². The molecule has 7 nitrogen and oxygen atoms in total. The van der Waals surface area contributed by atoms with Gasteiger partial charge in [-0.3, -0.25) is 0 Å². The minimum atomic E-state index is -1.21. The first-order valence-electron chi connectivity index (χ1n) is 14.9. The number of hydrogen-bond donors (Lipinski definition) is 2. The van der Waals surface area contributed by atoms with E-state index in [1.54, 1.807) is 12.1 Å². The molecule has 5 rings (SSSR count). The van der Waals surface area contributed by atoms with Gasteiger partial charge in [0.1, 0.15) is 11.7 Å². The molecular formula is C32H49NO6. The second kappa shape index (κ2) is 10.4. The zero-order valence-corrected chi connectivity index (χ0v) is 24.8. The largest absolute Gasteiger partial charge is 0.455 e. The Balaban J connectivity index is 1.66. The Morgan fingerprint density at radius 2 is 1.77 bits per heavy atom. The average Bonchev–Trinajstić information content (AvgIpc) is 2.85. The predicted octanol–water partition coefficient (Wildman–Crippen LogP) is 4.36. The third-order valence-corrected chi connectivity index (χ3v) is 11.3. The molecule has 0 amide bonds. The van der Waals surface area contributed by atoms with E-state index >= 15 is 0 Å². The molecule has 0 spiro atoms. The highest BCUT2D eigenvalue weighted by molar-refractivity contribution is 5.89. The van der Waals surface area contributed by atoms with Crippen LogP contribution in [0.4, 0.5) is 0 Å². The molecule has 6 unspecified atom stereocenters. The van der Waals surface area contributed by atoms with Gasteiger partial charge in [0, 0.05) is 29.2 Å². The van der Waals surface area contributed by atoms with Crippen LogP contribution in [-0.4, -0.2) is 78.5 Å². The van der Waals surface area contributed by atoms with Gasteiger partial charge in [-0.05, 0) is 69.7 Å². The van der Waals surface area contributed by atoms with E-state index in [1.165, 1.54) is 0 Å². The lowest BCUT2D eigenvalue weighted by Gasteiger charge is -2.68. The smallest absolute Gasteiger partial charge is 0.338 e. The van der Waals surface area contributed by atoms with E-state index in [9.17, 15) is 15.0 Å². The Hall–Kier alpha value is -1.51. The third kappa shape index (κ3) is 4.66. The lowest BCUT2D eigenvalue weighted by atomic mass is 9.42. The van der Waals surface area contributed by atoms with Crippen LogP contribution in [0.1, 0.15) is 70.7 Å². The van der Waals surface area contributed by atoms with E-state index in [4.69, 9.17) is 14.2 Å². The summed E-state index contributed by atoms with van der Waals surface area (Å²) in [6.07, 6.45) is 1.30. The first kappa shape index (κ1) is 29.0. The summed E-state index contributed by atoms with van der Waals surface area (Å²) >= 11 is 0. The molecule has 1 aromatic rings. The number of benzene rings is 1. The average molecular weight is 544 g/mol. The second-order valence-electron chi connectivity index (χ2n) is 14.1. The van der Waals surface area contributed by atoms with Crippen molar-refractivity contribution in [3.8, 4) is 0 Å². The first-order chi connectivity index (χ1) is 18.3. The van der Waals surface area contributed by atoms with Gasteiger partial charge in [-0.2, -0.15) is 0 Å². The molecule has 1 saturated heterocycles. The summed E-state index contributed by atoms with van der Waals surface area (Å²) < 4.78 is 19.2. The van der Waals surface area contributed by atoms with Crippen molar-refractivity contribution in [2.75, 3.05) is 27.2 Å². The topological polar surface area (TPSA) is 88.5 Å². The standard InChI is InChI=1S/C32H49NO6/c1-19-13-16-32(36)28(39-29(35)21-11-9-8-10-12-21)26-22-18-37-23(22)14-15-31(26,5)27(38-24(34)17-33(6)7)20(2)25(19)30(32,3)4/h8-12,19-20,22-28,34,36H,13-18H2,1-7H3/t19?,20?,22?,23?,24-,25?,26?,27-,28+,31-,32-/m1/s1. The lowest BCUT2D eigenvalue weighted by molar-refractivity contribution is -0.320. The maximum Gasteiger partial charge on any atom is 0.338 e. The van der Waals surface area contributed by atoms with Gasteiger partial charge >= 0.3 is 5.97 Å². The summed E-state index contributed by atoms with van der Waals surface area (Å²) in [5, 5.41) is 24.0. The Labute approximate surface area is 234 Å². The van der Waals surface area contributed by atoms with Crippen molar-refractivity contribution in [2.24, 2.45) is 40.4 Å². The molecule has 4 fully saturated rings. The minimum Gasteiger partial charge on any atom is -0.455 e. The zero-order chi connectivity index (χ0) is 28.3. The summed E-state index contributed by atoms with van der Waals surface area (Å²) in [4.78, 5) is 15.6. The van der Waals surface area contributed by atoms with Crippen LogP contribution < -0.4 is 0 Å². The van der Waals surface area contributed by atoms with E-state index in [-0.39, 0.29) is 35.9 Å². The number of carbonyl (C=O) groups is 1. The van der Waals surface area contributed by atoms with E-state index < -0.39 is 34.8 Å². The molecule has 0 aromatic heterocycles. The Kier molecular flexibility index (Phi) is 7.73. The summed E-state index contributed by atoms with van der Waals surface area (Å²) in [5.74, 6) is 0.116. The quantitative estimate of drug-likeness (QED) is 0.407. The highest BCUT2D eigenvalue weighted by Gasteiger charge is 2.70. The van der Waals surface area contributed by atoms with Crippen molar-refractivity contribution >= 4 is 5.97 Å². The summed E-state index contributed by atoms with van der Waals surface area (Å²) in [6.45, 7) is 12.1. The molecule has 0 radical (unpaired) electrons. The molecular weight excluding hydrogens is 494 g/mol. The summed E-state index contributed by atoms with van der Waals surface area (Å²) in [5.41, 5.74) is -1.71. The number of esters is 1. The Morgan fingerprint density at radius 3 is 2.38 bits per heavy atom. The summed E-state index contributed by atoms with van der Waals surface area (Å²) in [6, 6.07) is 9.10. The minimum absolute atomic E-state index is 0.0782. The molecule has 4 aliphatic rings. The molecule has 1 aromatic carbocycles. The van der Waals surface area contributed by atoms with Crippen molar-refractivity contribution < 1.29 is 29.2 Å². The van der Waals surface area contributed by atoms with Gasteiger partial charge in [0.05, 0.1) is 24.4 Å². The number of rotatable bonds is 6. The van der Waals surface area contributed by atoms with Gasteiger partial charge in [-0.25, -0.2) is 4.79 Å². The summed E-state index contributed by atoms with van der Waals surface area (Å²) in [7, 11) is 3.86. The van der Waals surface area contributed by atoms with Crippen LogP contribution in [0.5, 0.6) is 0 Å². The number of carbonyl (C=O) groups excluding carboxylic acids is 1. The van der Waals surface area contributed by atoms with E-state index in [0.29, 0.717) is 31.1 Å². The van der Waals surface area contributed by atoms with E-state index in [2.05, 4.69) is 34.6 Å². The van der Waals surface area contributed by atoms with Gasteiger partial charge < -0.3 is 29.3 Å². The Bertz CT molecular complexity index is 1030. The zero-order valence-electron chi connectivity index (χ0n) is 24.8. The van der Waals surface area contributed by atoms with Crippen LogP contribution in [0.15, 0.2) is 30.3 Å². The normalized spacial score (nSPS) is 43.7. The van der Waals surface area contributed by atoms with E-state index in [0.717, 1.165) is 19.3 Å². The molecule has 3 saturated carbocycles. The molecule has 11 atom stereocenters.